The lowest BCUT2D eigenvalue weighted by molar-refractivity contribution is -0.130. The molecule has 0 saturated carbocycles. The maximum Gasteiger partial charge on any atom is 0.225 e. The molecule has 2 heterocycles. The summed E-state index contributed by atoms with van der Waals surface area (Å²) in [4.78, 5) is 28.6. The van der Waals surface area contributed by atoms with Crippen molar-refractivity contribution in [1.29, 1.82) is 0 Å². The Morgan fingerprint density at radius 3 is 2.50 bits per heavy atom. The van der Waals surface area contributed by atoms with Crippen molar-refractivity contribution in [2.24, 2.45) is 0 Å². The van der Waals surface area contributed by atoms with Crippen molar-refractivity contribution in [3.63, 3.8) is 0 Å². The molecule has 2 aliphatic heterocycles. The van der Waals surface area contributed by atoms with Gasteiger partial charge in [-0.1, -0.05) is 32.0 Å². The Bertz CT molecular complexity index is 663. The summed E-state index contributed by atoms with van der Waals surface area (Å²) in [6, 6.07) is 8.03. The smallest absolute Gasteiger partial charge is 0.225 e. The zero-order valence-corrected chi connectivity index (χ0v) is 16.3. The lowest BCUT2D eigenvalue weighted by Gasteiger charge is -2.43. The van der Waals surface area contributed by atoms with Crippen molar-refractivity contribution in [2.45, 2.75) is 57.4 Å². The number of amides is 2. The molecule has 1 spiro atoms. The van der Waals surface area contributed by atoms with Crippen LogP contribution in [0.15, 0.2) is 24.3 Å². The largest absolute Gasteiger partial charge is 0.340 e. The number of rotatable bonds is 5. The predicted octanol–water partition coefficient (Wildman–Crippen LogP) is 3.23. The van der Waals surface area contributed by atoms with Crippen molar-refractivity contribution in [1.82, 2.24) is 9.80 Å². The molecule has 2 amide bonds. The van der Waals surface area contributed by atoms with Crippen LogP contribution < -0.4 is 5.32 Å². The Kier molecular flexibility index (Phi) is 5.66. The maximum atomic E-state index is 12.4. The fourth-order valence-corrected chi connectivity index (χ4v) is 4.30. The maximum absolute atomic E-state index is 12.4. The summed E-state index contributed by atoms with van der Waals surface area (Å²) in [5.74, 6) is 0.740. The second-order valence-corrected chi connectivity index (χ2v) is 8.06. The van der Waals surface area contributed by atoms with Gasteiger partial charge in [-0.05, 0) is 36.8 Å². The summed E-state index contributed by atoms with van der Waals surface area (Å²) in [6.45, 7) is 6.99. The highest BCUT2D eigenvalue weighted by molar-refractivity contribution is 5.91. The van der Waals surface area contributed by atoms with Crippen LogP contribution >= 0.6 is 0 Å². The molecule has 5 nitrogen and oxygen atoms in total. The molecule has 0 aliphatic carbocycles. The molecular weight excluding hydrogens is 326 g/mol. The van der Waals surface area contributed by atoms with Crippen LogP contribution in [0.3, 0.4) is 0 Å². The van der Waals surface area contributed by atoms with Crippen molar-refractivity contribution >= 4 is 17.5 Å². The van der Waals surface area contributed by atoms with Gasteiger partial charge < -0.3 is 15.1 Å². The first kappa shape index (κ1) is 18.9. The van der Waals surface area contributed by atoms with E-state index >= 15 is 0 Å². The highest BCUT2D eigenvalue weighted by Gasteiger charge is 2.44. The first-order valence-electron chi connectivity index (χ1n) is 9.79. The molecule has 142 valence electrons. The number of likely N-dealkylation sites (tertiary alicyclic amines) is 2. The van der Waals surface area contributed by atoms with Crippen molar-refractivity contribution < 1.29 is 9.59 Å². The van der Waals surface area contributed by atoms with Gasteiger partial charge in [-0.15, -0.1) is 0 Å². The van der Waals surface area contributed by atoms with Gasteiger partial charge in [0.1, 0.15) is 0 Å². The molecule has 1 aromatic rings. The molecular formula is C21H31N3O2. The lowest BCUT2D eigenvalue weighted by Crippen LogP contribution is -2.51. The molecule has 3 rings (SSSR count). The number of hydrogen-bond donors (Lipinski definition) is 1. The summed E-state index contributed by atoms with van der Waals surface area (Å²) in [5.41, 5.74) is 2.18. The predicted molar refractivity (Wildman–Crippen MR) is 104 cm³/mol. The molecule has 1 aromatic carbocycles. The van der Waals surface area contributed by atoms with Gasteiger partial charge in [-0.2, -0.15) is 0 Å². The van der Waals surface area contributed by atoms with Gasteiger partial charge in [0.05, 0.1) is 0 Å². The fraction of sp³-hybridized carbons (Fsp3) is 0.619. The third-order valence-corrected chi connectivity index (χ3v) is 6.19. The third kappa shape index (κ3) is 3.93. The van der Waals surface area contributed by atoms with E-state index in [4.69, 9.17) is 0 Å². The molecule has 0 aromatic heterocycles. The van der Waals surface area contributed by atoms with Gasteiger partial charge in [0.2, 0.25) is 11.8 Å². The van der Waals surface area contributed by atoms with Gasteiger partial charge in [-0.25, -0.2) is 0 Å². The number of para-hydroxylation sites is 1. The average molecular weight is 357 g/mol. The Balaban J connectivity index is 1.47. The van der Waals surface area contributed by atoms with E-state index in [9.17, 15) is 9.59 Å². The van der Waals surface area contributed by atoms with Crippen molar-refractivity contribution in [2.75, 3.05) is 32.0 Å². The number of anilines is 1. The van der Waals surface area contributed by atoms with Crippen LogP contribution in [-0.4, -0.2) is 53.8 Å². The van der Waals surface area contributed by atoms with E-state index in [0.29, 0.717) is 18.8 Å². The second-order valence-electron chi connectivity index (χ2n) is 8.06. The van der Waals surface area contributed by atoms with Crippen molar-refractivity contribution in [3.8, 4) is 0 Å². The Hall–Kier alpha value is -1.88. The highest BCUT2D eigenvalue weighted by atomic mass is 16.2. The van der Waals surface area contributed by atoms with E-state index < -0.39 is 0 Å². The monoisotopic (exact) mass is 357 g/mol. The number of piperidine rings is 1. The van der Waals surface area contributed by atoms with Crippen LogP contribution in [0.2, 0.25) is 0 Å². The van der Waals surface area contributed by atoms with Crippen LogP contribution in [0.25, 0.3) is 0 Å². The van der Waals surface area contributed by atoms with E-state index in [1.807, 2.05) is 30.1 Å². The quantitative estimate of drug-likeness (QED) is 0.880. The first-order chi connectivity index (χ1) is 12.4. The Morgan fingerprint density at radius 1 is 1.19 bits per heavy atom. The minimum absolute atomic E-state index is 0.0754. The summed E-state index contributed by atoms with van der Waals surface area (Å²) < 4.78 is 0. The fourth-order valence-electron chi connectivity index (χ4n) is 4.30. The van der Waals surface area contributed by atoms with Gasteiger partial charge in [0, 0.05) is 50.7 Å². The molecule has 0 radical (unpaired) electrons. The average Bonchev–Trinajstić information content (AvgIpc) is 2.90. The van der Waals surface area contributed by atoms with Gasteiger partial charge in [0.15, 0.2) is 0 Å². The molecule has 2 saturated heterocycles. The topological polar surface area (TPSA) is 52.7 Å². The number of carbonyl (C=O) groups is 2. The van der Waals surface area contributed by atoms with E-state index in [-0.39, 0.29) is 17.4 Å². The first-order valence-corrected chi connectivity index (χ1v) is 9.79. The Labute approximate surface area is 156 Å². The SMILES string of the molecule is CC(C)c1ccccc1NC(=O)CCN1CCC2(CCC(=O)N2C)CC1. The molecule has 1 N–H and O–H groups in total. The summed E-state index contributed by atoms with van der Waals surface area (Å²) >= 11 is 0. The van der Waals surface area contributed by atoms with Crippen LogP contribution in [0.5, 0.6) is 0 Å². The van der Waals surface area contributed by atoms with Crippen LogP contribution in [0.4, 0.5) is 5.69 Å². The molecule has 5 heteroatoms. The third-order valence-electron chi connectivity index (χ3n) is 6.19. The van der Waals surface area contributed by atoms with Gasteiger partial charge >= 0.3 is 0 Å². The zero-order chi connectivity index (χ0) is 18.7. The normalized spacial score (nSPS) is 20.2. The van der Waals surface area contributed by atoms with Crippen LogP contribution in [0, 0.1) is 0 Å². The number of carbonyl (C=O) groups excluding carboxylic acids is 2. The molecule has 2 fully saturated rings. The van der Waals surface area contributed by atoms with E-state index in [2.05, 4.69) is 30.1 Å². The molecule has 26 heavy (non-hydrogen) atoms. The van der Waals surface area contributed by atoms with E-state index in [1.54, 1.807) is 0 Å². The highest BCUT2D eigenvalue weighted by Crippen LogP contribution is 2.37. The number of benzene rings is 1. The van der Waals surface area contributed by atoms with E-state index in [1.165, 1.54) is 5.56 Å². The summed E-state index contributed by atoms with van der Waals surface area (Å²) in [6.07, 6.45) is 4.23. The number of hydrogen-bond acceptors (Lipinski definition) is 3. The van der Waals surface area contributed by atoms with Crippen LogP contribution in [0.1, 0.15) is 57.4 Å². The molecule has 0 bridgehead atoms. The lowest BCUT2D eigenvalue weighted by atomic mass is 9.85. The standard InChI is InChI=1S/C21H31N3O2/c1-16(2)17-6-4-5-7-18(17)22-19(25)9-13-24-14-11-21(12-15-24)10-8-20(26)23(21)3/h4-7,16H,8-15H2,1-3H3,(H,22,25). The van der Waals surface area contributed by atoms with Crippen molar-refractivity contribution in [3.05, 3.63) is 29.8 Å². The minimum Gasteiger partial charge on any atom is -0.340 e. The molecule has 2 aliphatic rings. The van der Waals surface area contributed by atoms with E-state index in [0.717, 1.165) is 44.6 Å². The number of nitrogens with zero attached hydrogens (tertiary/aromatic N) is 2. The minimum atomic E-state index is 0.0754. The summed E-state index contributed by atoms with van der Waals surface area (Å²) in [7, 11) is 1.95. The van der Waals surface area contributed by atoms with Crippen LogP contribution in [-0.2, 0) is 9.59 Å². The van der Waals surface area contributed by atoms with Gasteiger partial charge in [0.25, 0.3) is 0 Å². The second kappa shape index (κ2) is 7.78. The van der Waals surface area contributed by atoms with Gasteiger partial charge in [-0.3, -0.25) is 9.59 Å². The zero-order valence-electron chi connectivity index (χ0n) is 16.3. The Morgan fingerprint density at radius 2 is 1.88 bits per heavy atom. The number of nitrogens with one attached hydrogen (secondary N) is 1. The summed E-state index contributed by atoms with van der Waals surface area (Å²) in [5, 5.41) is 3.07. The molecule has 0 atom stereocenters. The molecule has 0 unspecified atom stereocenters.